The molecule has 5 rings (SSSR count). The summed E-state index contributed by atoms with van der Waals surface area (Å²) in [5, 5.41) is -0.552. The van der Waals surface area contributed by atoms with Crippen LogP contribution in [-0.2, 0) is 40.0 Å². The standard InChI is InChI=1S/C28H34ClFO8S2/c1-18(40(33,34)20-8-6-19(29)7-9-20)21-10-11-23(30)25-22(21)14-28(15-24(28)38-25)27(12-5-13-37-39(4,31)32)16-35-26(2,3)36-17-27/h6-11,18,24H,5,12-17H2,1-4H3. The Balaban J connectivity index is 1.49. The number of halogens is 2. The van der Waals surface area contributed by atoms with Gasteiger partial charge in [0.15, 0.2) is 27.2 Å². The summed E-state index contributed by atoms with van der Waals surface area (Å²) in [5.74, 6) is -1.25. The molecule has 3 aliphatic rings. The van der Waals surface area contributed by atoms with Gasteiger partial charge >= 0.3 is 0 Å². The second-order valence-corrected chi connectivity index (χ2v) is 16.0. The highest BCUT2D eigenvalue weighted by molar-refractivity contribution is 7.91. The summed E-state index contributed by atoms with van der Waals surface area (Å²) in [7, 11) is -7.41. The minimum Gasteiger partial charge on any atom is -0.486 e. The number of benzene rings is 2. The minimum absolute atomic E-state index is 0.0123. The summed E-state index contributed by atoms with van der Waals surface area (Å²) in [5.41, 5.74) is -0.0818. The third kappa shape index (κ3) is 5.41. The molecule has 220 valence electrons. The van der Waals surface area contributed by atoms with E-state index in [-0.39, 0.29) is 23.4 Å². The minimum atomic E-state index is -3.83. The smallest absolute Gasteiger partial charge is 0.264 e. The Morgan fingerprint density at radius 1 is 1.07 bits per heavy atom. The highest BCUT2D eigenvalue weighted by Gasteiger charge is 2.71. The Kier molecular flexibility index (Phi) is 7.58. The van der Waals surface area contributed by atoms with Crippen molar-refractivity contribution in [3.63, 3.8) is 0 Å². The van der Waals surface area contributed by atoms with E-state index in [1.165, 1.54) is 36.4 Å². The molecule has 3 unspecified atom stereocenters. The molecule has 0 amide bonds. The van der Waals surface area contributed by atoms with Crippen LogP contribution in [0.5, 0.6) is 5.75 Å². The van der Waals surface area contributed by atoms with Gasteiger partial charge in [-0.15, -0.1) is 0 Å². The molecule has 2 aromatic rings. The van der Waals surface area contributed by atoms with Crippen LogP contribution in [0, 0.1) is 16.6 Å². The van der Waals surface area contributed by atoms with Crippen molar-refractivity contribution in [1.29, 1.82) is 0 Å². The molecule has 0 spiro atoms. The van der Waals surface area contributed by atoms with E-state index in [0.717, 1.165) is 6.26 Å². The first kappa shape index (κ1) is 29.7. The van der Waals surface area contributed by atoms with Crippen LogP contribution in [0.4, 0.5) is 4.39 Å². The van der Waals surface area contributed by atoms with Gasteiger partial charge in [-0.2, -0.15) is 8.42 Å². The van der Waals surface area contributed by atoms with Crippen LogP contribution in [0.1, 0.15) is 56.4 Å². The number of sulfone groups is 1. The second-order valence-electron chi connectivity index (χ2n) is 11.6. The van der Waals surface area contributed by atoms with Gasteiger partial charge in [0, 0.05) is 21.4 Å². The molecule has 0 aromatic heterocycles. The Bertz CT molecular complexity index is 1500. The van der Waals surface area contributed by atoms with Gasteiger partial charge in [-0.05, 0) is 82.3 Å². The fraction of sp³-hybridized carbons (Fsp3) is 0.571. The van der Waals surface area contributed by atoms with Crippen molar-refractivity contribution in [3.05, 3.63) is 58.4 Å². The maximum atomic E-state index is 15.1. The number of hydrogen-bond donors (Lipinski definition) is 0. The van der Waals surface area contributed by atoms with Crippen LogP contribution in [0.25, 0.3) is 0 Å². The maximum absolute atomic E-state index is 15.1. The average Bonchev–Trinajstić information content (AvgIpc) is 3.61. The van der Waals surface area contributed by atoms with Crippen molar-refractivity contribution in [2.24, 2.45) is 10.8 Å². The Hall–Kier alpha value is -1.76. The van der Waals surface area contributed by atoms with Gasteiger partial charge in [0.2, 0.25) is 0 Å². The Morgan fingerprint density at radius 3 is 2.35 bits per heavy atom. The molecule has 40 heavy (non-hydrogen) atoms. The molecule has 2 aromatic carbocycles. The molecule has 2 fully saturated rings. The van der Waals surface area contributed by atoms with Crippen LogP contribution >= 0.6 is 11.6 Å². The molecule has 1 saturated carbocycles. The third-order valence-electron chi connectivity index (χ3n) is 8.60. The summed E-state index contributed by atoms with van der Waals surface area (Å²) in [6.45, 7) is 5.92. The zero-order valence-electron chi connectivity index (χ0n) is 22.9. The van der Waals surface area contributed by atoms with E-state index >= 15 is 4.39 Å². The lowest BCUT2D eigenvalue weighted by Gasteiger charge is -2.49. The average molecular weight is 617 g/mol. The largest absolute Gasteiger partial charge is 0.486 e. The van der Waals surface area contributed by atoms with Crippen LogP contribution in [0.2, 0.25) is 5.02 Å². The normalized spacial score (nSPS) is 25.8. The van der Waals surface area contributed by atoms with E-state index in [0.29, 0.717) is 55.0 Å². The summed E-state index contributed by atoms with van der Waals surface area (Å²) in [6, 6.07) is 8.75. The molecule has 0 N–H and O–H groups in total. The summed E-state index contributed by atoms with van der Waals surface area (Å²) in [6.07, 6.45) is 2.64. The van der Waals surface area contributed by atoms with Gasteiger partial charge in [0.05, 0.1) is 36.2 Å². The van der Waals surface area contributed by atoms with E-state index in [1.807, 2.05) is 13.8 Å². The number of rotatable bonds is 9. The molecule has 12 heteroatoms. The SMILES string of the molecule is CC(c1ccc(F)c2c1CC1(C3(CCCOS(C)(=O)=O)COC(C)(C)OC3)CC1O2)S(=O)(=O)c1ccc(Cl)cc1. The van der Waals surface area contributed by atoms with Crippen LogP contribution < -0.4 is 4.74 Å². The molecule has 8 nitrogen and oxygen atoms in total. The molecule has 2 aliphatic heterocycles. The predicted octanol–water partition coefficient (Wildman–Crippen LogP) is 5.23. The van der Waals surface area contributed by atoms with Gasteiger partial charge < -0.3 is 14.2 Å². The van der Waals surface area contributed by atoms with Crippen LogP contribution in [-0.4, -0.2) is 54.8 Å². The van der Waals surface area contributed by atoms with E-state index in [1.54, 1.807) is 6.92 Å². The third-order valence-corrected chi connectivity index (χ3v) is 11.6. The van der Waals surface area contributed by atoms with E-state index in [2.05, 4.69) is 0 Å². The summed E-state index contributed by atoms with van der Waals surface area (Å²) < 4.78 is 88.7. The zero-order chi connectivity index (χ0) is 29.1. The molecular formula is C28H34ClFO8S2. The van der Waals surface area contributed by atoms with Crippen molar-refractivity contribution in [2.45, 2.75) is 68.5 Å². The van der Waals surface area contributed by atoms with Crippen molar-refractivity contribution in [1.82, 2.24) is 0 Å². The molecule has 1 saturated heterocycles. The molecule has 3 atom stereocenters. The summed E-state index contributed by atoms with van der Waals surface area (Å²) >= 11 is 5.97. The van der Waals surface area contributed by atoms with Crippen molar-refractivity contribution in [3.8, 4) is 5.75 Å². The van der Waals surface area contributed by atoms with Crippen LogP contribution in [0.3, 0.4) is 0 Å². The highest BCUT2D eigenvalue weighted by atomic mass is 35.5. The number of fused-ring (bicyclic) bond motifs is 2. The fourth-order valence-electron chi connectivity index (χ4n) is 6.13. The fourth-order valence-corrected chi connectivity index (χ4v) is 8.15. The Morgan fingerprint density at radius 2 is 1.73 bits per heavy atom. The second kappa shape index (κ2) is 10.2. The predicted molar refractivity (Wildman–Crippen MR) is 147 cm³/mol. The number of ether oxygens (including phenoxy) is 3. The van der Waals surface area contributed by atoms with Crippen molar-refractivity contribution < 1.29 is 39.6 Å². The molecule has 0 radical (unpaired) electrons. The first-order valence-corrected chi connectivity index (χ1v) is 16.9. The van der Waals surface area contributed by atoms with Gasteiger partial charge in [-0.3, -0.25) is 4.18 Å². The zero-order valence-corrected chi connectivity index (χ0v) is 25.3. The Labute approximate surface area is 240 Å². The van der Waals surface area contributed by atoms with Crippen molar-refractivity contribution in [2.75, 3.05) is 26.1 Å². The quantitative estimate of drug-likeness (QED) is 0.278. The lowest BCUT2D eigenvalue weighted by molar-refractivity contribution is -0.300. The monoisotopic (exact) mass is 616 g/mol. The van der Waals surface area contributed by atoms with Gasteiger partial charge in [-0.1, -0.05) is 17.7 Å². The number of hydrogen-bond acceptors (Lipinski definition) is 8. The van der Waals surface area contributed by atoms with E-state index in [9.17, 15) is 16.8 Å². The maximum Gasteiger partial charge on any atom is 0.264 e. The van der Waals surface area contributed by atoms with Gasteiger partial charge in [0.25, 0.3) is 10.1 Å². The first-order valence-electron chi connectivity index (χ1n) is 13.2. The topological polar surface area (TPSA) is 105 Å². The van der Waals surface area contributed by atoms with Crippen molar-refractivity contribution >= 4 is 31.6 Å². The summed E-state index contributed by atoms with van der Waals surface area (Å²) in [4.78, 5) is 0.122. The molecule has 2 heterocycles. The van der Waals surface area contributed by atoms with E-state index < -0.39 is 47.6 Å². The lowest BCUT2D eigenvalue weighted by atomic mass is 9.66. The van der Waals surface area contributed by atoms with Gasteiger partial charge in [-0.25, -0.2) is 12.8 Å². The lowest BCUT2D eigenvalue weighted by Crippen LogP contribution is -2.53. The molecule has 1 aliphatic carbocycles. The first-order chi connectivity index (χ1) is 18.6. The van der Waals surface area contributed by atoms with Crippen LogP contribution in [0.15, 0.2) is 41.3 Å². The van der Waals surface area contributed by atoms with Gasteiger partial charge in [0.1, 0.15) is 6.10 Å². The highest BCUT2D eigenvalue weighted by Crippen LogP contribution is 2.68. The van der Waals surface area contributed by atoms with E-state index in [4.69, 9.17) is 30.0 Å². The molecular weight excluding hydrogens is 583 g/mol. The molecule has 0 bridgehead atoms.